The molecule has 3 N–H and O–H groups in total. The summed E-state index contributed by atoms with van der Waals surface area (Å²) in [6.07, 6.45) is 0.820. The molecule has 1 aliphatic rings. The zero-order chi connectivity index (χ0) is 24.8. The molecule has 1 aliphatic carbocycles. The molecule has 5 nitrogen and oxygen atoms in total. The van der Waals surface area contributed by atoms with Crippen LogP contribution in [0.2, 0.25) is 0 Å². The van der Waals surface area contributed by atoms with Gasteiger partial charge >= 0.3 is 12.1 Å². The molecule has 0 amide bonds. The van der Waals surface area contributed by atoms with Crippen LogP contribution in [-0.2, 0) is 24.2 Å². The van der Waals surface area contributed by atoms with Crippen molar-refractivity contribution in [2.24, 2.45) is 0 Å². The van der Waals surface area contributed by atoms with Crippen LogP contribution in [0, 0.1) is 0 Å². The number of fused-ring (bicyclic) bond motifs is 1. The summed E-state index contributed by atoms with van der Waals surface area (Å²) in [6.45, 7) is 0.908. The predicted molar refractivity (Wildman–Crippen MR) is 128 cm³/mol. The third kappa shape index (κ3) is 6.36. The Morgan fingerprint density at radius 3 is 2.14 bits per heavy atom. The van der Waals surface area contributed by atoms with Gasteiger partial charge in [-0.1, -0.05) is 66.7 Å². The smallest absolute Gasteiger partial charge is 0.475 e. The second kappa shape index (κ2) is 10.6. The van der Waals surface area contributed by atoms with E-state index in [9.17, 15) is 13.2 Å². The molecule has 0 saturated heterocycles. The Bertz CT molecular complexity index is 1240. The zero-order valence-electron chi connectivity index (χ0n) is 18.7. The molecular formula is C27H24F3N3O2. The van der Waals surface area contributed by atoms with E-state index in [1.807, 2.05) is 6.20 Å². The Kier molecular flexibility index (Phi) is 7.31. The standard InChI is InChI=1S/C25H23N3.C2HF3O2/c1-2-5-22-16-24(15-21(22)4-1)28-17-18-8-10-19(11-9-18)20-6-3-7-23(14-20)25-26-12-13-27-25;3-2(4,5)1(6)7/h1-14,24,28H,15-17H2,(H,26,27);(H,6,7). The van der Waals surface area contributed by atoms with Crippen LogP contribution in [0.25, 0.3) is 22.5 Å². The van der Waals surface area contributed by atoms with Crippen LogP contribution in [0.4, 0.5) is 13.2 Å². The number of carboxylic acids is 1. The molecule has 1 heterocycles. The number of aliphatic carboxylic acids is 1. The van der Waals surface area contributed by atoms with E-state index in [0.717, 1.165) is 30.8 Å². The van der Waals surface area contributed by atoms with Crippen LogP contribution in [-0.4, -0.2) is 33.3 Å². The van der Waals surface area contributed by atoms with Crippen molar-refractivity contribution in [3.05, 3.63) is 102 Å². The molecule has 0 fully saturated rings. The van der Waals surface area contributed by atoms with Gasteiger partial charge in [0.25, 0.3) is 0 Å². The number of benzene rings is 3. The Hall–Kier alpha value is -3.91. The Morgan fingerprint density at radius 2 is 1.57 bits per heavy atom. The summed E-state index contributed by atoms with van der Waals surface area (Å²) in [7, 11) is 0. The number of H-pyrrole nitrogens is 1. The van der Waals surface area contributed by atoms with E-state index in [-0.39, 0.29) is 0 Å². The van der Waals surface area contributed by atoms with Crippen molar-refractivity contribution in [3.63, 3.8) is 0 Å². The van der Waals surface area contributed by atoms with Crippen LogP contribution in [0.15, 0.2) is 85.2 Å². The third-order valence-electron chi connectivity index (χ3n) is 5.81. The first-order valence-electron chi connectivity index (χ1n) is 11.1. The molecule has 5 rings (SSSR count). The second-order valence-electron chi connectivity index (χ2n) is 8.27. The molecular weight excluding hydrogens is 455 g/mol. The van der Waals surface area contributed by atoms with Crippen LogP contribution in [0.5, 0.6) is 0 Å². The molecule has 0 radical (unpaired) electrons. The Morgan fingerprint density at radius 1 is 0.943 bits per heavy atom. The maximum atomic E-state index is 10.6. The zero-order valence-corrected chi connectivity index (χ0v) is 18.7. The monoisotopic (exact) mass is 479 g/mol. The fourth-order valence-electron chi connectivity index (χ4n) is 4.05. The quantitative estimate of drug-likeness (QED) is 0.347. The lowest BCUT2D eigenvalue weighted by Crippen LogP contribution is -2.28. The molecule has 4 aromatic rings. The first-order chi connectivity index (χ1) is 16.8. The molecule has 0 unspecified atom stereocenters. The van der Waals surface area contributed by atoms with Crippen molar-refractivity contribution >= 4 is 5.97 Å². The number of halogens is 3. The van der Waals surface area contributed by atoms with E-state index < -0.39 is 12.1 Å². The van der Waals surface area contributed by atoms with Crippen molar-refractivity contribution in [1.82, 2.24) is 15.3 Å². The topological polar surface area (TPSA) is 78.0 Å². The van der Waals surface area contributed by atoms with Gasteiger partial charge in [0.05, 0.1) is 0 Å². The van der Waals surface area contributed by atoms with Gasteiger partial charge in [-0.3, -0.25) is 0 Å². The number of alkyl halides is 3. The van der Waals surface area contributed by atoms with Crippen molar-refractivity contribution in [2.45, 2.75) is 31.6 Å². The van der Waals surface area contributed by atoms with Gasteiger partial charge < -0.3 is 15.4 Å². The van der Waals surface area contributed by atoms with Crippen molar-refractivity contribution in [1.29, 1.82) is 0 Å². The fraction of sp³-hybridized carbons (Fsp3) is 0.185. The summed E-state index contributed by atoms with van der Waals surface area (Å²) >= 11 is 0. The van der Waals surface area contributed by atoms with Crippen LogP contribution in [0.3, 0.4) is 0 Å². The van der Waals surface area contributed by atoms with Crippen molar-refractivity contribution < 1.29 is 23.1 Å². The summed E-state index contributed by atoms with van der Waals surface area (Å²) in [4.78, 5) is 16.4. The predicted octanol–water partition coefficient (Wildman–Crippen LogP) is 5.63. The summed E-state index contributed by atoms with van der Waals surface area (Å²) in [5.74, 6) is -1.85. The molecule has 3 aromatic carbocycles. The van der Waals surface area contributed by atoms with Gasteiger partial charge in [-0.05, 0) is 46.7 Å². The number of rotatable bonds is 5. The number of nitrogens with one attached hydrogen (secondary N) is 2. The Labute approximate surface area is 200 Å². The van der Waals surface area contributed by atoms with Gasteiger partial charge in [-0.25, -0.2) is 9.78 Å². The van der Waals surface area contributed by atoms with E-state index in [1.165, 1.54) is 27.8 Å². The fourth-order valence-corrected chi connectivity index (χ4v) is 4.05. The van der Waals surface area contributed by atoms with E-state index in [1.54, 1.807) is 6.20 Å². The number of aromatic amines is 1. The SMILES string of the molecule is O=C(O)C(F)(F)F.c1cc(-c2ccc(CNC3Cc4ccccc4C3)cc2)cc(-c2ncc[nH]2)c1. The first-order valence-corrected chi connectivity index (χ1v) is 11.1. The largest absolute Gasteiger partial charge is 0.490 e. The third-order valence-corrected chi connectivity index (χ3v) is 5.81. The number of hydrogen-bond acceptors (Lipinski definition) is 3. The van der Waals surface area contributed by atoms with Gasteiger partial charge in [-0.15, -0.1) is 0 Å². The maximum Gasteiger partial charge on any atom is 0.490 e. The van der Waals surface area contributed by atoms with Crippen molar-refractivity contribution in [2.75, 3.05) is 0 Å². The highest BCUT2D eigenvalue weighted by Gasteiger charge is 2.38. The number of carboxylic acid groups (broad SMARTS) is 1. The Balaban J connectivity index is 0.000000364. The molecule has 0 atom stereocenters. The lowest BCUT2D eigenvalue weighted by atomic mass is 10.0. The number of imidazole rings is 1. The molecule has 1 aromatic heterocycles. The molecule has 35 heavy (non-hydrogen) atoms. The summed E-state index contributed by atoms with van der Waals surface area (Å²) < 4.78 is 31.7. The first kappa shape index (κ1) is 24.2. The van der Waals surface area contributed by atoms with E-state index in [2.05, 4.69) is 88.1 Å². The number of hydrogen-bond donors (Lipinski definition) is 3. The normalized spacial score (nSPS) is 13.1. The van der Waals surface area contributed by atoms with E-state index in [4.69, 9.17) is 9.90 Å². The molecule has 0 bridgehead atoms. The van der Waals surface area contributed by atoms with E-state index >= 15 is 0 Å². The summed E-state index contributed by atoms with van der Waals surface area (Å²) in [5.41, 5.74) is 7.85. The lowest BCUT2D eigenvalue weighted by molar-refractivity contribution is -0.192. The summed E-state index contributed by atoms with van der Waals surface area (Å²) in [6, 6.07) is 26.7. The van der Waals surface area contributed by atoms with Gasteiger partial charge in [-0.2, -0.15) is 13.2 Å². The molecule has 0 spiro atoms. The molecule has 0 saturated carbocycles. The minimum Gasteiger partial charge on any atom is -0.475 e. The summed E-state index contributed by atoms with van der Waals surface area (Å²) in [5, 5.41) is 10.8. The average Bonchev–Trinajstić information content (AvgIpc) is 3.53. The van der Waals surface area contributed by atoms with Gasteiger partial charge in [0.1, 0.15) is 5.82 Å². The number of nitrogens with zero attached hydrogens (tertiary/aromatic N) is 1. The second-order valence-corrected chi connectivity index (χ2v) is 8.27. The lowest BCUT2D eigenvalue weighted by Gasteiger charge is -2.12. The highest BCUT2D eigenvalue weighted by atomic mass is 19.4. The number of carbonyl (C=O) groups is 1. The van der Waals surface area contributed by atoms with Crippen LogP contribution in [0.1, 0.15) is 16.7 Å². The van der Waals surface area contributed by atoms with Gasteiger partial charge in [0, 0.05) is 30.5 Å². The van der Waals surface area contributed by atoms with Gasteiger partial charge in [0.2, 0.25) is 0 Å². The molecule has 180 valence electrons. The minimum atomic E-state index is -5.08. The van der Waals surface area contributed by atoms with E-state index in [0.29, 0.717) is 6.04 Å². The highest BCUT2D eigenvalue weighted by molar-refractivity contribution is 5.73. The highest BCUT2D eigenvalue weighted by Crippen LogP contribution is 2.25. The number of aromatic nitrogens is 2. The van der Waals surface area contributed by atoms with Gasteiger partial charge in [0.15, 0.2) is 0 Å². The average molecular weight is 480 g/mol. The van der Waals surface area contributed by atoms with Crippen LogP contribution >= 0.6 is 0 Å². The molecule has 0 aliphatic heterocycles. The minimum absolute atomic E-state index is 0.544. The molecule has 8 heteroatoms. The maximum absolute atomic E-state index is 10.6. The van der Waals surface area contributed by atoms with Crippen molar-refractivity contribution in [3.8, 4) is 22.5 Å². The van der Waals surface area contributed by atoms with Crippen LogP contribution < -0.4 is 5.32 Å².